The first kappa shape index (κ1) is 8.79. The van der Waals surface area contributed by atoms with Gasteiger partial charge in [-0.25, -0.2) is 0 Å². The summed E-state index contributed by atoms with van der Waals surface area (Å²) in [6.07, 6.45) is 2.46. The van der Waals surface area contributed by atoms with E-state index in [0.29, 0.717) is 18.4 Å². The number of hydrogen-bond donors (Lipinski definition) is 1. The van der Waals surface area contributed by atoms with Gasteiger partial charge in [0, 0.05) is 12.5 Å². The van der Waals surface area contributed by atoms with Crippen molar-refractivity contribution in [2.24, 2.45) is 11.8 Å². The van der Waals surface area contributed by atoms with Gasteiger partial charge >= 0.3 is 0 Å². The third-order valence-corrected chi connectivity index (χ3v) is 2.84. The molecule has 0 aromatic rings. The topological polar surface area (TPSA) is 20.2 Å². The van der Waals surface area contributed by atoms with Gasteiger partial charge in [0.25, 0.3) is 0 Å². The molecule has 0 heterocycles. The molecular formula is C10H18O. The lowest BCUT2D eigenvalue weighted by Crippen LogP contribution is -2.11. The van der Waals surface area contributed by atoms with Gasteiger partial charge in [0.15, 0.2) is 0 Å². The molecule has 0 aliphatic heterocycles. The van der Waals surface area contributed by atoms with E-state index in [-0.39, 0.29) is 0 Å². The van der Waals surface area contributed by atoms with Crippen molar-refractivity contribution in [3.63, 3.8) is 0 Å². The van der Waals surface area contributed by atoms with Crippen LogP contribution in [0.15, 0.2) is 11.1 Å². The second kappa shape index (κ2) is 3.40. The molecule has 2 atom stereocenters. The first-order valence-electron chi connectivity index (χ1n) is 4.44. The summed E-state index contributed by atoms with van der Waals surface area (Å²) < 4.78 is 0. The van der Waals surface area contributed by atoms with Crippen LogP contribution in [-0.2, 0) is 0 Å². The van der Waals surface area contributed by atoms with Crippen molar-refractivity contribution in [3.8, 4) is 0 Å². The Balaban J connectivity index is 2.77. The van der Waals surface area contributed by atoms with Gasteiger partial charge in [-0.15, -0.1) is 0 Å². The van der Waals surface area contributed by atoms with E-state index < -0.39 is 0 Å². The zero-order valence-electron chi connectivity index (χ0n) is 7.72. The molecule has 1 aliphatic carbocycles. The van der Waals surface area contributed by atoms with Crippen molar-refractivity contribution in [2.45, 2.75) is 33.6 Å². The SMILES string of the molecule is CC(C)=C1CCC(C)C1CO. The van der Waals surface area contributed by atoms with E-state index in [1.54, 1.807) is 0 Å². The Morgan fingerprint density at radius 3 is 2.55 bits per heavy atom. The lowest BCUT2D eigenvalue weighted by molar-refractivity contribution is 0.221. The monoisotopic (exact) mass is 154 g/mol. The van der Waals surface area contributed by atoms with E-state index in [1.165, 1.54) is 24.0 Å². The molecule has 0 spiro atoms. The van der Waals surface area contributed by atoms with Crippen LogP contribution < -0.4 is 0 Å². The average molecular weight is 154 g/mol. The van der Waals surface area contributed by atoms with Crippen LogP contribution in [0.5, 0.6) is 0 Å². The van der Waals surface area contributed by atoms with Crippen molar-refractivity contribution in [1.82, 2.24) is 0 Å². The van der Waals surface area contributed by atoms with Gasteiger partial charge in [-0.3, -0.25) is 0 Å². The Kier molecular flexibility index (Phi) is 2.72. The summed E-state index contributed by atoms with van der Waals surface area (Å²) in [5.74, 6) is 1.14. The van der Waals surface area contributed by atoms with Crippen LogP contribution in [0.4, 0.5) is 0 Å². The molecule has 0 aromatic heterocycles. The zero-order valence-corrected chi connectivity index (χ0v) is 7.72. The van der Waals surface area contributed by atoms with Crippen molar-refractivity contribution < 1.29 is 5.11 Å². The lowest BCUT2D eigenvalue weighted by atomic mass is 9.93. The highest BCUT2D eigenvalue weighted by atomic mass is 16.3. The molecular weight excluding hydrogens is 136 g/mol. The summed E-state index contributed by atoms with van der Waals surface area (Å²) in [5.41, 5.74) is 2.91. The van der Waals surface area contributed by atoms with Gasteiger partial charge in [-0.05, 0) is 32.6 Å². The highest BCUT2D eigenvalue weighted by molar-refractivity contribution is 5.18. The molecule has 1 heteroatoms. The first-order chi connectivity index (χ1) is 5.16. The fourth-order valence-corrected chi connectivity index (χ4v) is 2.02. The molecule has 1 rings (SSSR count). The number of allylic oxidation sites excluding steroid dienone is 1. The summed E-state index contributed by atoms with van der Waals surface area (Å²) >= 11 is 0. The Bertz CT molecular complexity index is 166. The second-order valence-corrected chi connectivity index (χ2v) is 3.83. The summed E-state index contributed by atoms with van der Waals surface area (Å²) in [5, 5.41) is 9.12. The van der Waals surface area contributed by atoms with Crippen molar-refractivity contribution >= 4 is 0 Å². The van der Waals surface area contributed by atoms with Crippen molar-refractivity contribution in [3.05, 3.63) is 11.1 Å². The summed E-state index contributed by atoms with van der Waals surface area (Å²) in [6.45, 7) is 6.87. The number of hydrogen-bond acceptors (Lipinski definition) is 1. The van der Waals surface area contributed by atoms with Crippen LogP contribution in [0, 0.1) is 11.8 Å². The van der Waals surface area contributed by atoms with Crippen LogP contribution in [0.25, 0.3) is 0 Å². The van der Waals surface area contributed by atoms with E-state index in [0.717, 1.165) is 0 Å². The molecule has 1 N–H and O–H groups in total. The largest absolute Gasteiger partial charge is 0.396 e. The van der Waals surface area contributed by atoms with E-state index in [4.69, 9.17) is 5.11 Å². The minimum absolute atomic E-state index is 0.335. The van der Waals surface area contributed by atoms with Crippen LogP contribution in [0.1, 0.15) is 33.6 Å². The Morgan fingerprint density at radius 1 is 1.55 bits per heavy atom. The van der Waals surface area contributed by atoms with Crippen molar-refractivity contribution in [2.75, 3.05) is 6.61 Å². The molecule has 2 unspecified atom stereocenters. The quantitative estimate of drug-likeness (QED) is 0.575. The van der Waals surface area contributed by atoms with Crippen molar-refractivity contribution in [1.29, 1.82) is 0 Å². The summed E-state index contributed by atoms with van der Waals surface area (Å²) in [6, 6.07) is 0. The van der Waals surface area contributed by atoms with Gasteiger partial charge in [0.05, 0.1) is 0 Å². The van der Waals surface area contributed by atoms with Gasteiger partial charge < -0.3 is 5.11 Å². The van der Waals surface area contributed by atoms with Crippen LogP contribution in [0.2, 0.25) is 0 Å². The van der Waals surface area contributed by atoms with Crippen LogP contribution >= 0.6 is 0 Å². The maximum absolute atomic E-state index is 9.12. The predicted molar refractivity (Wildman–Crippen MR) is 47.3 cm³/mol. The number of rotatable bonds is 1. The standard InChI is InChI=1S/C10H18O/c1-7(2)9-5-4-8(3)10(9)6-11/h8,10-11H,4-6H2,1-3H3. The normalized spacial score (nSPS) is 31.1. The highest BCUT2D eigenvalue weighted by Gasteiger charge is 2.27. The van der Waals surface area contributed by atoms with E-state index in [9.17, 15) is 0 Å². The maximum atomic E-state index is 9.12. The van der Waals surface area contributed by atoms with E-state index >= 15 is 0 Å². The molecule has 1 saturated carbocycles. The minimum atomic E-state index is 0.335. The van der Waals surface area contributed by atoms with Crippen LogP contribution in [-0.4, -0.2) is 11.7 Å². The average Bonchev–Trinajstić information content (AvgIpc) is 2.30. The molecule has 1 aliphatic rings. The molecule has 11 heavy (non-hydrogen) atoms. The van der Waals surface area contributed by atoms with E-state index in [1.807, 2.05) is 0 Å². The minimum Gasteiger partial charge on any atom is -0.396 e. The fourth-order valence-electron chi connectivity index (χ4n) is 2.02. The summed E-state index contributed by atoms with van der Waals surface area (Å²) in [7, 11) is 0. The lowest BCUT2D eigenvalue weighted by Gasteiger charge is -2.14. The first-order valence-corrected chi connectivity index (χ1v) is 4.44. The maximum Gasteiger partial charge on any atom is 0.0499 e. The molecule has 0 radical (unpaired) electrons. The fraction of sp³-hybridized carbons (Fsp3) is 0.800. The van der Waals surface area contributed by atoms with Gasteiger partial charge in [-0.2, -0.15) is 0 Å². The van der Waals surface area contributed by atoms with E-state index in [2.05, 4.69) is 20.8 Å². The summed E-state index contributed by atoms with van der Waals surface area (Å²) in [4.78, 5) is 0. The van der Waals surface area contributed by atoms with Crippen LogP contribution in [0.3, 0.4) is 0 Å². The molecule has 1 fully saturated rings. The molecule has 64 valence electrons. The number of aliphatic hydroxyl groups excluding tert-OH is 1. The smallest absolute Gasteiger partial charge is 0.0499 e. The third-order valence-electron chi connectivity index (χ3n) is 2.84. The zero-order chi connectivity index (χ0) is 8.43. The third kappa shape index (κ3) is 1.64. The predicted octanol–water partition coefficient (Wildman–Crippen LogP) is 2.36. The molecule has 0 amide bonds. The Morgan fingerprint density at radius 2 is 2.18 bits per heavy atom. The Hall–Kier alpha value is -0.300. The molecule has 1 nitrogen and oxygen atoms in total. The highest BCUT2D eigenvalue weighted by Crippen LogP contribution is 2.37. The van der Waals surface area contributed by atoms with Gasteiger partial charge in [0.2, 0.25) is 0 Å². The van der Waals surface area contributed by atoms with Gasteiger partial charge in [-0.1, -0.05) is 18.1 Å². The Labute approximate surface area is 69.1 Å². The molecule has 0 bridgehead atoms. The van der Waals surface area contributed by atoms with Gasteiger partial charge in [0.1, 0.15) is 0 Å². The number of aliphatic hydroxyl groups is 1. The molecule has 0 saturated heterocycles. The second-order valence-electron chi connectivity index (χ2n) is 3.83. The molecule has 0 aromatic carbocycles.